The molecule has 0 amide bonds. The maximum Gasteiger partial charge on any atom is 0.472 e. The Labute approximate surface area is 638 Å². The van der Waals surface area contributed by atoms with Gasteiger partial charge in [0.15, 0.2) is 12.2 Å². The smallest absolute Gasteiger partial charge is 0.462 e. The molecular weight excluding hydrogens is 1350 g/mol. The number of carbonyl (C=O) groups excluding carboxylic acids is 4. The van der Waals surface area contributed by atoms with E-state index in [0.717, 1.165) is 102 Å². The third kappa shape index (κ3) is 76.8. The molecule has 104 heavy (non-hydrogen) atoms. The number of phosphoric ester groups is 2. The van der Waals surface area contributed by atoms with E-state index in [1.165, 1.54) is 270 Å². The minimum atomic E-state index is -4.97. The summed E-state index contributed by atoms with van der Waals surface area (Å²) in [5.74, 6) is -0.486. The average Bonchev–Trinajstić information content (AvgIpc) is 0.957. The van der Waals surface area contributed by atoms with Gasteiger partial charge in [-0.2, -0.15) is 0 Å². The zero-order chi connectivity index (χ0) is 76.4. The Kier molecular flexibility index (Phi) is 75.0. The minimum absolute atomic E-state index is 0.107. The molecule has 0 radical (unpaired) electrons. The molecule has 0 heterocycles. The first-order chi connectivity index (χ1) is 50.4. The van der Waals surface area contributed by atoms with Crippen molar-refractivity contribution >= 4 is 39.5 Å². The molecule has 17 nitrogen and oxygen atoms in total. The molecule has 0 saturated carbocycles. The minimum Gasteiger partial charge on any atom is -0.462 e. The van der Waals surface area contributed by atoms with Crippen LogP contribution in [0.25, 0.3) is 0 Å². The normalized spacial score (nSPS) is 14.1. The highest BCUT2D eigenvalue weighted by molar-refractivity contribution is 7.47. The van der Waals surface area contributed by atoms with Crippen molar-refractivity contribution in [3.63, 3.8) is 0 Å². The van der Waals surface area contributed by atoms with E-state index in [1.807, 2.05) is 0 Å². The third-order valence-corrected chi connectivity index (χ3v) is 22.2. The van der Waals surface area contributed by atoms with Gasteiger partial charge in [0.2, 0.25) is 0 Å². The van der Waals surface area contributed by atoms with Gasteiger partial charge in [-0.05, 0) is 37.5 Å². The van der Waals surface area contributed by atoms with Crippen LogP contribution in [0.4, 0.5) is 0 Å². The average molecular weight is 1520 g/mol. The van der Waals surface area contributed by atoms with Gasteiger partial charge < -0.3 is 33.8 Å². The van der Waals surface area contributed by atoms with Crippen molar-refractivity contribution in [1.29, 1.82) is 0 Å². The van der Waals surface area contributed by atoms with Crippen LogP contribution in [-0.4, -0.2) is 96.7 Å². The molecule has 3 N–H and O–H groups in total. The SMILES string of the molecule is CCCCCCCCCCCCCCCCCCCCCC(=O)O[C@H](COC(=O)CCCCCCCCCCCCCCCCC(C)CC)COP(=O)(O)OC[C@@H](O)COP(=O)(O)OC[C@@H](COC(=O)CCCCCCCCCCCCCCC)OC(=O)CCCCCCCCCCCCCC(C)C. The van der Waals surface area contributed by atoms with Crippen LogP contribution in [0, 0.1) is 11.8 Å². The highest BCUT2D eigenvalue weighted by atomic mass is 31.2. The van der Waals surface area contributed by atoms with E-state index < -0.39 is 97.5 Å². The highest BCUT2D eigenvalue weighted by Crippen LogP contribution is 2.45. The van der Waals surface area contributed by atoms with Gasteiger partial charge in [0.05, 0.1) is 26.4 Å². The molecule has 0 bridgehead atoms. The molecule has 3 unspecified atom stereocenters. The predicted molar refractivity (Wildman–Crippen MR) is 428 cm³/mol. The predicted octanol–water partition coefficient (Wildman–Crippen LogP) is 25.8. The number of rotatable bonds is 84. The van der Waals surface area contributed by atoms with Gasteiger partial charge >= 0.3 is 39.5 Å². The van der Waals surface area contributed by atoms with E-state index in [0.29, 0.717) is 25.7 Å². The molecule has 0 fully saturated rings. The lowest BCUT2D eigenvalue weighted by atomic mass is 9.99. The van der Waals surface area contributed by atoms with E-state index in [-0.39, 0.29) is 25.7 Å². The largest absolute Gasteiger partial charge is 0.472 e. The number of esters is 4. The van der Waals surface area contributed by atoms with Gasteiger partial charge in [-0.15, -0.1) is 0 Å². The summed E-state index contributed by atoms with van der Waals surface area (Å²) in [5, 5.41) is 10.7. The highest BCUT2D eigenvalue weighted by Gasteiger charge is 2.30. The van der Waals surface area contributed by atoms with Gasteiger partial charge in [0, 0.05) is 25.7 Å². The first-order valence-electron chi connectivity index (χ1n) is 44.0. The number of hydrogen-bond donors (Lipinski definition) is 3. The number of aliphatic hydroxyl groups excluding tert-OH is 1. The summed E-state index contributed by atoms with van der Waals surface area (Å²) in [6, 6.07) is 0. The Morgan fingerprint density at radius 3 is 0.731 bits per heavy atom. The second-order valence-electron chi connectivity index (χ2n) is 31.3. The van der Waals surface area contributed by atoms with Gasteiger partial charge in [-0.3, -0.25) is 37.3 Å². The van der Waals surface area contributed by atoms with Crippen LogP contribution in [0.5, 0.6) is 0 Å². The van der Waals surface area contributed by atoms with Gasteiger partial charge in [-0.1, -0.05) is 401 Å². The van der Waals surface area contributed by atoms with Crippen molar-refractivity contribution in [2.75, 3.05) is 39.6 Å². The number of hydrogen-bond acceptors (Lipinski definition) is 15. The lowest BCUT2D eigenvalue weighted by Gasteiger charge is -2.21. The van der Waals surface area contributed by atoms with Crippen LogP contribution in [0.1, 0.15) is 452 Å². The van der Waals surface area contributed by atoms with Crippen molar-refractivity contribution in [3.8, 4) is 0 Å². The number of phosphoric acid groups is 2. The zero-order valence-electron chi connectivity index (χ0n) is 68.3. The number of aliphatic hydroxyl groups is 1. The summed E-state index contributed by atoms with van der Waals surface area (Å²) in [5.41, 5.74) is 0. The van der Waals surface area contributed by atoms with Gasteiger partial charge in [0.1, 0.15) is 19.3 Å². The second-order valence-corrected chi connectivity index (χ2v) is 34.2. The molecule has 0 aromatic heterocycles. The summed E-state index contributed by atoms with van der Waals surface area (Å²) in [7, 11) is -9.93. The molecule has 618 valence electrons. The third-order valence-electron chi connectivity index (χ3n) is 20.3. The Balaban J connectivity index is 5.26. The van der Waals surface area contributed by atoms with Crippen molar-refractivity contribution in [1.82, 2.24) is 0 Å². The number of ether oxygens (including phenoxy) is 4. The Morgan fingerprint density at radius 1 is 0.279 bits per heavy atom. The molecular formula is C85H166O17P2. The molecule has 0 aliphatic rings. The zero-order valence-corrected chi connectivity index (χ0v) is 70.1. The van der Waals surface area contributed by atoms with Crippen LogP contribution in [0.2, 0.25) is 0 Å². The Morgan fingerprint density at radius 2 is 0.490 bits per heavy atom. The summed E-state index contributed by atoms with van der Waals surface area (Å²) < 4.78 is 68.9. The molecule has 6 atom stereocenters. The van der Waals surface area contributed by atoms with Crippen LogP contribution >= 0.6 is 15.6 Å². The fraction of sp³-hybridized carbons (Fsp3) is 0.953. The Bertz CT molecular complexity index is 2000. The maximum atomic E-state index is 13.1. The molecule has 0 aliphatic heterocycles. The molecule has 0 aliphatic carbocycles. The molecule has 0 saturated heterocycles. The summed E-state index contributed by atoms with van der Waals surface area (Å²) in [6.07, 6.45) is 67.8. The van der Waals surface area contributed by atoms with E-state index in [2.05, 4.69) is 41.5 Å². The standard InChI is InChI=1S/C85H166O17P2/c1-7-10-12-14-16-18-20-22-23-24-25-26-27-33-39-45-51-57-63-69-84(89)101-80(73-96-83(88)68-62-56-50-44-38-32-29-28-31-36-42-48-54-60-66-78(6)9-3)75-99-103(91,92)97-71-79(86)72-98-104(93,94)100-76-81(74-95-82(87)67-61-55-49-43-37-30-21-19-17-15-13-11-8-2)102-85(90)70-64-58-52-46-40-34-35-41-47-53-59-65-77(4)5/h77-81,86H,7-76H2,1-6H3,(H,91,92)(H,93,94)/t78?,79-,80-,81-/m1/s1. The van der Waals surface area contributed by atoms with E-state index in [1.54, 1.807) is 0 Å². The van der Waals surface area contributed by atoms with Gasteiger partial charge in [0.25, 0.3) is 0 Å². The van der Waals surface area contributed by atoms with E-state index in [9.17, 15) is 43.2 Å². The first-order valence-corrected chi connectivity index (χ1v) is 47.0. The summed E-state index contributed by atoms with van der Waals surface area (Å²) in [4.78, 5) is 73.2. The fourth-order valence-corrected chi connectivity index (χ4v) is 14.8. The van der Waals surface area contributed by atoms with Crippen molar-refractivity contribution < 1.29 is 80.2 Å². The summed E-state index contributed by atoms with van der Waals surface area (Å²) >= 11 is 0. The lowest BCUT2D eigenvalue weighted by Crippen LogP contribution is -2.30. The monoisotopic (exact) mass is 1520 g/mol. The lowest BCUT2D eigenvalue weighted by molar-refractivity contribution is -0.161. The first kappa shape index (κ1) is 102. The molecule has 0 rings (SSSR count). The molecule has 19 heteroatoms. The van der Waals surface area contributed by atoms with Crippen molar-refractivity contribution in [3.05, 3.63) is 0 Å². The van der Waals surface area contributed by atoms with Gasteiger partial charge in [-0.25, -0.2) is 9.13 Å². The number of unbranched alkanes of at least 4 members (excludes halogenated alkanes) is 53. The maximum absolute atomic E-state index is 13.1. The quantitative estimate of drug-likeness (QED) is 0.0222. The molecule has 0 spiro atoms. The second kappa shape index (κ2) is 76.4. The van der Waals surface area contributed by atoms with Crippen LogP contribution in [0.15, 0.2) is 0 Å². The van der Waals surface area contributed by atoms with Crippen molar-refractivity contribution in [2.24, 2.45) is 11.8 Å². The topological polar surface area (TPSA) is 237 Å². The van der Waals surface area contributed by atoms with E-state index >= 15 is 0 Å². The fourth-order valence-electron chi connectivity index (χ4n) is 13.2. The Hall–Kier alpha value is -1.94. The molecule has 0 aromatic rings. The van der Waals surface area contributed by atoms with Crippen LogP contribution < -0.4 is 0 Å². The molecule has 0 aromatic carbocycles. The van der Waals surface area contributed by atoms with Crippen molar-refractivity contribution in [2.45, 2.75) is 471 Å². The van der Waals surface area contributed by atoms with Crippen LogP contribution in [0.3, 0.4) is 0 Å². The van der Waals surface area contributed by atoms with Crippen LogP contribution in [-0.2, 0) is 65.4 Å². The summed E-state index contributed by atoms with van der Waals surface area (Å²) in [6.45, 7) is 9.73. The van der Waals surface area contributed by atoms with E-state index in [4.69, 9.17) is 37.0 Å². The number of carbonyl (C=O) groups is 4.